The van der Waals surface area contributed by atoms with Crippen LogP contribution in [0.25, 0.3) is 0 Å². The molecule has 0 amide bonds. The van der Waals surface area contributed by atoms with Crippen LogP contribution in [0.5, 0.6) is 0 Å². The first-order valence-electron chi connectivity index (χ1n) is 4.45. The van der Waals surface area contributed by atoms with Crippen LogP contribution in [0.1, 0.15) is 42.0 Å². The molecule has 2 rings (SSSR count). The number of carbonyl (C=O) groups is 1. The van der Waals surface area contributed by atoms with Gasteiger partial charge in [-0.05, 0) is 28.8 Å². The van der Waals surface area contributed by atoms with E-state index in [9.17, 15) is 4.79 Å². The van der Waals surface area contributed by atoms with Gasteiger partial charge in [-0.25, -0.2) is 4.98 Å². The quantitative estimate of drug-likeness (QED) is 0.709. The summed E-state index contributed by atoms with van der Waals surface area (Å²) in [6.07, 6.45) is 3.14. The minimum absolute atomic E-state index is 0.471. The Morgan fingerprint density at radius 3 is 3.08 bits per heavy atom. The standard InChI is InChI=1S/C9H11BrN2O/c1-6-3-2-4-12-8(10)7(5-13)11-9(6)12/h5-6H,2-4H2,1H3. The van der Waals surface area contributed by atoms with E-state index in [0.29, 0.717) is 11.6 Å². The summed E-state index contributed by atoms with van der Waals surface area (Å²) in [5.74, 6) is 1.51. The van der Waals surface area contributed by atoms with Crippen molar-refractivity contribution in [3.05, 3.63) is 16.1 Å². The first-order valence-corrected chi connectivity index (χ1v) is 5.24. The van der Waals surface area contributed by atoms with E-state index < -0.39 is 0 Å². The molecule has 0 bridgehead atoms. The molecule has 0 fully saturated rings. The number of hydrogen-bond acceptors (Lipinski definition) is 2. The third-order valence-electron chi connectivity index (χ3n) is 2.53. The molecule has 70 valence electrons. The predicted molar refractivity (Wildman–Crippen MR) is 53.0 cm³/mol. The van der Waals surface area contributed by atoms with Crippen LogP contribution < -0.4 is 0 Å². The molecular formula is C9H11BrN2O. The highest BCUT2D eigenvalue weighted by Gasteiger charge is 2.22. The summed E-state index contributed by atoms with van der Waals surface area (Å²) in [4.78, 5) is 14.9. The number of imidazole rings is 1. The Bertz CT molecular complexity index is 346. The van der Waals surface area contributed by atoms with Crippen LogP contribution in [0.2, 0.25) is 0 Å². The smallest absolute Gasteiger partial charge is 0.171 e. The van der Waals surface area contributed by atoms with E-state index in [4.69, 9.17) is 0 Å². The Morgan fingerprint density at radius 2 is 2.46 bits per heavy atom. The van der Waals surface area contributed by atoms with Gasteiger partial charge >= 0.3 is 0 Å². The second kappa shape index (κ2) is 3.25. The lowest BCUT2D eigenvalue weighted by Crippen LogP contribution is -2.13. The third-order valence-corrected chi connectivity index (χ3v) is 3.37. The number of fused-ring (bicyclic) bond motifs is 1. The van der Waals surface area contributed by atoms with Gasteiger partial charge in [0.1, 0.15) is 16.1 Å². The predicted octanol–water partition coefficient (Wildman–Crippen LogP) is 2.36. The van der Waals surface area contributed by atoms with Gasteiger partial charge in [0.25, 0.3) is 0 Å². The normalized spacial score (nSPS) is 21.2. The molecule has 1 aliphatic heterocycles. The molecule has 1 atom stereocenters. The number of aromatic nitrogens is 2. The largest absolute Gasteiger partial charge is 0.322 e. The minimum Gasteiger partial charge on any atom is -0.322 e. The van der Waals surface area contributed by atoms with Crippen molar-refractivity contribution in [2.75, 3.05) is 0 Å². The van der Waals surface area contributed by atoms with Crippen molar-refractivity contribution < 1.29 is 4.79 Å². The molecule has 1 aromatic rings. The summed E-state index contributed by atoms with van der Waals surface area (Å²) in [5, 5.41) is 0. The maximum absolute atomic E-state index is 10.6. The van der Waals surface area contributed by atoms with Gasteiger partial charge in [0.05, 0.1) is 0 Å². The summed E-state index contributed by atoms with van der Waals surface area (Å²) >= 11 is 3.39. The fraction of sp³-hybridized carbons (Fsp3) is 0.556. The van der Waals surface area contributed by atoms with Crippen LogP contribution in [0, 0.1) is 0 Å². The van der Waals surface area contributed by atoms with Gasteiger partial charge in [0.15, 0.2) is 6.29 Å². The van der Waals surface area contributed by atoms with Crippen LogP contribution in [0.3, 0.4) is 0 Å². The van der Waals surface area contributed by atoms with Gasteiger partial charge in [-0.2, -0.15) is 0 Å². The van der Waals surface area contributed by atoms with Crippen LogP contribution in [0.15, 0.2) is 4.60 Å². The lowest BCUT2D eigenvalue weighted by Gasteiger charge is -2.20. The highest BCUT2D eigenvalue weighted by Crippen LogP contribution is 2.30. The average Bonchev–Trinajstić information content (AvgIpc) is 2.45. The van der Waals surface area contributed by atoms with Crippen molar-refractivity contribution in [2.45, 2.75) is 32.2 Å². The summed E-state index contributed by atoms with van der Waals surface area (Å²) in [6, 6.07) is 0. The van der Waals surface area contributed by atoms with E-state index in [-0.39, 0.29) is 0 Å². The fourth-order valence-electron chi connectivity index (χ4n) is 1.82. The van der Waals surface area contributed by atoms with Crippen molar-refractivity contribution in [3.8, 4) is 0 Å². The number of carbonyl (C=O) groups excluding carboxylic acids is 1. The van der Waals surface area contributed by atoms with Crippen molar-refractivity contribution in [2.24, 2.45) is 0 Å². The maximum Gasteiger partial charge on any atom is 0.171 e. The Morgan fingerprint density at radius 1 is 1.69 bits per heavy atom. The van der Waals surface area contributed by atoms with Crippen molar-refractivity contribution >= 4 is 22.2 Å². The summed E-state index contributed by atoms with van der Waals surface area (Å²) in [7, 11) is 0. The molecule has 3 nitrogen and oxygen atoms in total. The Balaban J connectivity index is 2.54. The van der Waals surface area contributed by atoms with Gasteiger partial charge < -0.3 is 4.57 Å². The number of hydrogen-bond donors (Lipinski definition) is 0. The molecule has 0 aromatic carbocycles. The third kappa shape index (κ3) is 1.33. The average molecular weight is 243 g/mol. The zero-order valence-electron chi connectivity index (χ0n) is 7.46. The van der Waals surface area contributed by atoms with E-state index in [2.05, 4.69) is 32.4 Å². The van der Waals surface area contributed by atoms with Gasteiger partial charge in [-0.15, -0.1) is 0 Å². The monoisotopic (exact) mass is 242 g/mol. The van der Waals surface area contributed by atoms with Gasteiger partial charge in [0, 0.05) is 12.5 Å². The zero-order valence-corrected chi connectivity index (χ0v) is 9.04. The van der Waals surface area contributed by atoms with Crippen LogP contribution in [-0.4, -0.2) is 15.8 Å². The zero-order chi connectivity index (χ0) is 9.42. The van der Waals surface area contributed by atoms with Crippen molar-refractivity contribution in [1.82, 2.24) is 9.55 Å². The summed E-state index contributed by atoms with van der Waals surface area (Å²) in [5.41, 5.74) is 0.531. The van der Waals surface area contributed by atoms with Gasteiger partial charge in [0.2, 0.25) is 0 Å². The number of halogens is 1. The molecule has 0 saturated carbocycles. The molecule has 4 heteroatoms. The summed E-state index contributed by atoms with van der Waals surface area (Å²) < 4.78 is 2.93. The maximum atomic E-state index is 10.6. The van der Waals surface area contributed by atoms with Gasteiger partial charge in [-0.3, -0.25) is 4.79 Å². The van der Waals surface area contributed by atoms with E-state index >= 15 is 0 Å². The van der Waals surface area contributed by atoms with Crippen molar-refractivity contribution in [3.63, 3.8) is 0 Å². The molecule has 1 aliphatic rings. The molecule has 0 aliphatic carbocycles. The molecule has 0 spiro atoms. The highest BCUT2D eigenvalue weighted by atomic mass is 79.9. The van der Waals surface area contributed by atoms with E-state index in [0.717, 1.165) is 23.3 Å². The SMILES string of the molecule is CC1CCCn2c1nc(C=O)c2Br. The summed E-state index contributed by atoms with van der Waals surface area (Å²) in [6.45, 7) is 3.13. The van der Waals surface area contributed by atoms with Crippen LogP contribution >= 0.6 is 15.9 Å². The van der Waals surface area contributed by atoms with E-state index in [1.54, 1.807) is 0 Å². The Labute approximate surface area is 85.3 Å². The number of rotatable bonds is 1. The van der Waals surface area contributed by atoms with Gasteiger partial charge in [-0.1, -0.05) is 6.92 Å². The lowest BCUT2D eigenvalue weighted by atomic mass is 10.0. The molecule has 13 heavy (non-hydrogen) atoms. The molecular weight excluding hydrogens is 232 g/mol. The Hall–Kier alpha value is -0.640. The molecule has 0 radical (unpaired) electrons. The van der Waals surface area contributed by atoms with Crippen LogP contribution in [0.4, 0.5) is 0 Å². The molecule has 1 unspecified atom stereocenters. The molecule has 2 heterocycles. The topological polar surface area (TPSA) is 34.9 Å². The lowest BCUT2D eigenvalue weighted by molar-refractivity contribution is 0.111. The molecule has 1 aromatic heterocycles. The second-order valence-electron chi connectivity index (χ2n) is 3.46. The Kier molecular flexibility index (Phi) is 2.24. The van der Waals surface area contributed by atoms with E-state index in [1.165, 1.54) is 12.8 Å². The first-order chi connectivity index (χ1) is 6.24. The van der Waals surface area contributed by atoms with E-state index in [1.807, 2.05) is 0 Å². The molecule has 0 saturated heterocycles. The minimum atomic E-state index is 0.471. The second-order valence-corrected chi connectivity index (χ2v) is 4.21. The van der Waals surface area contributed by atoms with Crippen molar-refractivity contribution in [1.29, 1.82) is 0 Å². The van der Waals surface area contributed by atoms with Crippen LogP contribution in [-0.2, 0) is 6.54 Å². The highest BCUT2D eigenvalue weighted by molar-refractivity contribution is 9.10. The fourth-order valence-corrected chi connectivity index (χ4v) is 2.36. The molecule has 0 N–H and O–H groups in total. The first kappa shape index (κ1) is 8.94. The number of nitrogens with zero attached hydrogens (tertiary/aromatic N) is 2. The number of aldehydes is 1.